The zero-order valence-electron chi connectivity index (χ0n) is 11.3. The summed E-state index contributed by atoms with van der Waals surface area (Å²) in [6, 6.07) is 18.3. The van der Waals surface area contributed by atoms with Crippen LogP contribution in [-0.4, -0.2) is 23.2 Å². The van der Waals surface area contributed by atoms with Gasteiger partial charge < -0.3 is 15.0 Å². The molecule has 1 atom stereocenters. The molecular formula is C16H15IN2OS. The molecule has 0 aliphatic carbocycles. The average molecular weight is 410 g/mol. The van der Waals surface area contributed by atoms with Crippen molar-refractivity contribution in [3.8, 4) is 0 Å². The van der Waals surface area contributed by atoms with Crippen LogP contribution in [0.3, 0.4) is 0 Å². The number of anilines is 1. The summed E-state index contributed by atoms with van der Waals surface area (Å²) in [5.74, 6) is 0. The van der Waals surface area contributed by atoms with Crippen LogP contribution in [-0.2, 0) is 4.74 Å². The second-order valence-electron chi connectivity index (χ2n) is 4.77. The van der Waals surface area contributed by atoms with Gasteiger partial charge >= 0.3 is 0 Å². The van der Waals surface area contributed by atoms with Crippen molar-refractivity contribution in [1.82, 2.24) is 4.90 Å². The van der Waals surface area contributed by atoms with E-state index >= 15 is 0 Å². The Kier molecular flexibility index (Phi) is 4.72. The average Bonchev–Trinajstić information content (AvgIpc) is 2.98. The number of hydrogen-bond acceptors (Lipinski definition) is 2. The first-order valence-electron chi connectivity index (χ1n) is 6.74. The molecule has 21 heavy (non-hydrogen) atoms. The van der Waals surface area contributed by atoms with Gasteiger partial charge in [-0.2, -0.15) is 0 Å². The molecule has 1 aliphatic heterocycles. The molecule has 108 valence electrons. The van der Waals surface area contributed by atoms with Gasteiger partial charge in [-0.3, -0.25) is 0 Å². The van der Waals surface area contributed by atoms with E-state index in [1.807, 2.05) is 30.3 Å². The standard InChI is InChI=1S/C16H15IN2OS/c17-13-7-4-8-14(11-13)18-16(21)19-9-10-20-15(19)12-5-2-1-3-6-12/h1-8,11,15H,9-10H2,(H,18,21). The molecule has 0 amide bonds. The van der Waals surface area contributed by atoms with Crippen LogP contribution in [0.25, 0.3) is 0 Å². The molecule has 1 fully saturated rings. The van der Waals surface area contributed by atoms with Crippen molar-refractivity contribution in [2.75, 3.05) is 18.5 Å². The number of hydrogen-bond donors (Lipinski definition) is 1. The van der Waals surface area contributed by atoms with Crippen molar-refractivity contribution in [2.24, 2.45) is 0 Å². The SMILES string of the molecule is S=C(Nc1cccc(I)c1)N1CCOC1c1ccccc1. The lowest BCUT2D eigenvalue weighted by molar-refractivity contribution is 0.0642. The van der Waals surface area contributed by atoms with Crippen LogP contribution in [0.5, 0.6) is 0 Å². The van der Waals surface area contributed by atoms with Crippen LogP contribution in [0.4, 0.5) is 5.69 Å². The molecule has 0 aromatic heterocycles. The highest BCUT2D eigenvalue weighted by atomic mass is 127. The molecule has 1 N–H and O–H groups in total. The maximum atomic E-state index is 5.83. The van der Waals surface area contributed by atoms with Crippen molar-refractivity contribution in [2.45, 2.75) is 6.23 Å². The summed E-state index contributed by atoms with van der Waals surface area (Å²) in [6.07, 6.45) is -0.103. The zero-order valence-corrected chi connectivity index (χ0v) is 14.3. The smallest absolute Gasteiger partial charge is 0.175 e. The van der Waals surface area contributed by atoms with Gasteiger partial charge in [0.1, 0.15) is 0 Å². The third-order valence-electron chi connectivity index (χ3n) is 3.31. The molecule has 0 saturated carbocycles. The quantitative estimate of drug-likeness (QED) is 0.597. The molecular weight excluding hydrogens is 395 g/mol. The first-order valence-corrected chi connectivity index (χ1v) is 8.22. The Hall–Kier alpha value is -1.18. The summed E-state index contributed by atoms with van der Waals surface area (Å²) in [7, 11) is 0. The zero-order chi connectivity index (χ0) is 14.7. The Morgan fingerprint density at radius 3 is 2.76 bits per heavy atom. The molecule has 2 aromatic carbocycles. The van der Waals surface area contributed by atoms with E-state index in [-0.39, 0.29) is 6.23 Å². The molecule has 1 saturated heterocycles. The van der Waals surface area contributed by atoms with E-state index in [2.05, 4.69) is 57.1 Å². The monoisotopic (exact) mass is 410 g/mol. The molecule has 2 aromatic rings. The highest BCUT2D eigenvalue weighted by Crippen LogP contribution is 2.27. The minimum absolute atomic E-state index is 0.103. The lowest BCUT2D eigenvalue weighted by atomic mass is 10.2. The second kappa shape index (κ2) is 6.72. The number of nitrogens with zero attached hydrogens (tertiary/aromatic N) is 1. The van der Waals surface area contributed by atoms with Gasteiger partial charge in [-0.05, 0) is 53.0 Å². The normalized spacial score (nSPS) is 17.8. The number of nitrogens with one attached hydrogen (secondary N) is 1. The van der Waals surface area contributed by atoms with Crippen LogP contribution in [0.2, 0.25) is 0 Å². The van der Waals surface area contributed by atoms with Gasteiger partial charge in [-0.25, -0.2) is 0 Å². The van der Waals surface area contributed by atoms with Gasteiger partial charge in [-0.15, -0.1) is 0 Å². The van der Waals surface area contributed by atoms with Crippen molar-refractivity contribution < 1.29 is 4.74 Å². The summed E-state index contributed by atoms with van der Waals surface area (Å²) < 4.78 is 7.01. The Morgan fingerprint density at radius 2 is 2.00 bits per heavy atom. The van der Waals surface area contributed by atoms with Gasteiger partial charge in [0, 0.05) is 21.4 Å². The Morgan fingerprint density at radius 1 is 1.19 bits per heavy atom. The van der Waals surface area contributed by atoms with Crippen LogP contribution in [0.15, 0.2) is 54.6 Å². The van der Waals surface area contributed by atoms with Crippen LogP contribution in [0, 0.1) is 3.57 Å². The minimum Gasteiger partial charge on any atom is -0.352 e. The fourth-order valence-corrected chi connectivity index (χ4v) is 3.18. The minimum atomic E-state index is -0.103. The van der Waals surface area contributed by atoms with Crippen LogP contribution >= 0.6 is 34.8 Å². The molecule has 5 heteroatoms. The van der Waals surface area contributed by atoms with Crippen molar-refractivity contribution in [1.29, 1.82) is 0 Å². The highest BCUT2D eigenvalue weighted by molar-refractivity contribution is 14.1. The summed E-state index contributed by atoms with van der Waals surface area (Å²) in [6.45, 7) is 1.49. The Balaban J connectivity index is 1.74. The predicted octanol–water partition coefficient (Wildman–Crippen LogP) is 4.02. The van der Waals surface area contributed by atoms with Crippen LogP contribution < -0.4 is 5.32 Å². The fraction of sp³-hybridized carbons (Fsp3) is 0.188. The highest BCUT2D eigenvalue weighted by Gasteiger charge is 2.28. The number of benzene rings is 2. The molecule has 0 radical (unpaired) electrons. The largest absolute Gasteiger partial charge is 0.352 e. The van der Waals surface area contributed by atoms with Crippen molar-refractivity contribution in [3.63, 3.8) is 0 Å². The van der Waals surface area contributed by atoms with Gasteiger partial charge in [0.2, 0.25) is 0 Å². The lowest BCUT2D eigenvalue weighted by Gasteiger charge is -2.26. The van der Waals surface area contributed by atoms with E-state index in [9.17, 15) is 0 Å². The molecule has 0 bridgehead atoms. The number of halogens is 1. The van der Waals surface area contributed by atoms with E-state index in [1.54, 1.807) is 0 Å². The number of ether oxygens (including phenoxy) is 1. The summed E-state index contributed by atoms with van der Waals surface area (Å²) in [5, 5.41) is 3.99. The molecule has 1 unspecified atom stereocenters. The van der Waals surface area contributed by atoms with Gasteiger partial charge in [0.25, 0.3) is 0 Å². The summed E-state index contributed by atoms with van der Waals surface area (Å²) >= 11 is 7.84. The number of rotatable bonds is 2. The van der Waals surface area contributed by atoms with Gasteiger partial charge in [0.15, 0.2) is 11.3 Å². The molecule has 0 spiro atoms. The third-order valence-corrected chi connectivity index (χ3v) is 4.32. The van der Waals surface area contributed by atoms with E-state index in [0.29, 0.717) is 11.7 Å². The lowest BCUT2D eigenvalue weighted by Crippen LogP contribution is -2.34. The molecule has 3 nitrogen and oxygen atoms in total. The van der Waals surface area contributed by atoms with Gasteiger partial charge in [-0.1, -0.05) is 36.4 Å². The Labute approximate surface area is 143 Å². The molecule has 1 heterocycles. The molecule has 1 aliphatic rings. The predicted molar refractivity (Wildman–Crippen MR) is 97.2 cm³/mol. The number of thiocarbonyl (C=S) groups is 1. The topological polar surface area (TPSA) is 24.5 Å². The maximum absolute atomic E-state index is 5.83. The van der Waals surface area contributed by atoms with E-state index in [1.165, 1.54) is 3.57 Å². The van der Waals surface area contributed by atoms with E-state index < -0.39 is 0 Å². The van der Waals surface area contributed by atoms with E-state index in [0.717, 1.165) is 17.8 Å². The third kappa shape index (κ3) is 3.53. The van der Waals surface area contributed by atoms with Gasteiger partial charge in [0.05, 0.1) is 6.61 Å². The van der Waals surface area contributed by atoms with Crippen molar-refractivity contribution >= 4 is 45.6 Å². The maximum Gasteiger partial charge on any atom is 0.175 e. The van der Waals surface area contributed by atoms with Crippen molar-refractivity contribution in [3.05, 3.63) is 63.7 Å². The fourth-order valence-electron chi connectivity index (χ4n) is 2.33. The Bertz CT molecular complexity index is 635. The van der Waals surface area contributed by atoms with E-state index in [4.69, 9.17) is 17.0 Å². The summed E-state index contributed by atoms with van der Waals surface area (Å²) in [5.41, 5.74) is 2.13. The second-order valence-corrected chi connectivity index (χ2v) is 6.40. The first-order chi connectivity index (χ1) is 10.2. The summed E-state index contributed by atoms with van der Waals surface area (Å²) in [4.78, 5) is 2.09. The van der Waals surface area contributed by atoms with Crippen LogP contribution in [0.1, 0.15) is 11.8 Å². The molecule has 3 rings (SSSR count). The first kappa shape index (κ1) is 14.7.